The lowest BCUT2D eigenvalue weighted by Crippen LogP contribution is -2.27. The molecule has 108 valence electrons. The summed E-state index contributed by atoms with van der Waals surface area (Å²) in [5, 5.41) is 13.2. The summed E-state index contributed by atoms with van der Waals surface area (Å²) >= 11 is 1.64. The maximum absolute atomic E-state index is 11.7. The fraction of sp³-hybridized carbons (Fsp3) is 0.467. The molecule has 0 aliphatic heterocycles. The molecule has 1 aromatic heterocycles. The average molecular weight is 292 g/mol. The van der Waals surface area contributed by atoms with Gasteiger partial charge in [-0.1, -0.05) is 19.1 Å². The highest BCUT2D eigenvalue weighted by Crippen LogP contribution is 2.22. The van der Waals surface area contributed by atoms with Crippen molar-refractivity contribution < 1.29 is 9.90 Å². The second kappa shape index (κ2) is 7.36. The molecule has 2 aromatic rings. The van der Waals surface area contributed by atoms with E-state index in [-0.39, 0.29) is 12.0 Å². The lowest BCUT2D eigenvalue weighted by Gasteiger charge is -2.08. The lowest BCUT2D eigenvalue weighted by atomic mass is 10.2. The Balaban J connectivity index is 1.75. The summed E-state index contributed by atoms with van der Waals surface area (Å²) in [5.74, 6) is 0.0209. The van der Waals surface area contributed by atoms with E-state index in [0.717, 1.165) is 21.6 Å². The molecular weight excluding hydrogens is 272 g/mol. The number of aliphatic hydroxyl groups excluding tert-OH is 1. The van der Waals surface area contributed by atoms with Crippen LogP contribution < -0.4 is 5.32 Å². The first kappa shape index (κ1) is 14.9. The number of carbonyl (C=O) groups excluding carboxylic acids is 1. The molecule has 20 heavy (non-hydrogen) atoms. The first-order valence-electron chi connectivity index (χ1n) is 6.98. The highest BCUT2D eigenvalue weighted by Gasteiger charge is 2.07. The number of para-hydroxylation sites is 1. The van der Waals surface area contributed by atoms with E-state index in [1.165, 1.54) is 0 Å². The van der Waals surface area contributed by atoms with Crippen LogP contribution >= 0.6 is 11.3 Å². The summed E-state index contributed by atoms with van der Waals surface area (Å²) in [7, 11) is 0. The van der Waals surface area contributed by atoms with Crippen LogP contribution in [0.4, 0.5) is 0 Å². The van der Waals surface area contributed by atoms with Crippen LogP contribution in [0.2, 0.25) is 0 Å². The Morgan fingerprint density at radius 2 is 2.25 bits per heavy atom. The number of benzene rings is 1. The molecule has 0 aliphatic carbocycles. The third-order valence-electron chi connectivity index (χ3n) is 3.18. The first-order chi connectivity index (χ1) is 9.69. The number of thiazole rings is 1. The fourth-order valence-corrected chi connectivity index (χ4v) is 2.88. The van der Waals surface area contributed by atoms with Crippen LogP contribution in [-0.2, 0) is 11.2 Å². The zero-order valence-electron chi connectivity index (χ0n) is 11.6. The summed E-state index contributed by atoms with van der Waals surface area (Å²) in [4.78, 5) is 16.2. The highest BCUT2D eigenvalue weighted by molar-refractivity contribution is 7.18. The second-order valence-corrected chi connectivity index (χ2v) is 5.89. The van der Waals surface area contributed by atoms with Gasteiger partial charge in [0.25, 0.3) is 0 Å². The number of rotatable bonds is 7. The van der Waals surface area contributed by atoms with Gasteiger partial charge in [0.1, 0.15) is 0 Å². The number of aromatic nitrogens is 1. The molecule has 0 spiro atoms. The van der Waals surface area contributed by atoms with Crippen molar-refractivity contribution in [1.82, 2.24) is 10.3 Å². The Morgan fingerprint density at radius 1 is 1.45 bits per heavy atom. The fourth-order valence-electron chi connectivity index (χ4n) is 1.92. The molecule has 0 aliphatic rings. The molecule has 0 saturated heterocycles. The van der Waals surface area contributed by atoms with Crippen LogP contribution in [0.25, 0.3) is 10.2 Å². The van der Waals surface area contributed by atoms with Gasteiger partial charge in [0, 0.05) is 19.4 Å². The molecular formula is C15H20N2O2S. The van der Waals surface area contributed by atoms with Gasteiger partial charge < -0.3 is 10.4 Å². The Kier molecular flexibility index (Phi) is 5.49. The molecule has 0 fully saturated rings. The van der Waals surface area contributed by atoms with Crippen molar-refractivity contribution in [3.05, 3.63) is 29.3 Å². The summed E-state index contributed by atoms with van der Waals surface area (Å²) < 4.78 is 1.16. The normalized spacial score (nSPS) is 12.5. The predicted octanol–water partition coefficient (Wildman–Crippen LogP) is 2.51. The van der Waals surface area contributed by atoms with Crippen molar-refractivity contribution in [2.24, 2.45) is 0 Å². The van der Waals surface area contributed by atoms with E-state index in [2.05, 4.69) is 10.3 Å². The monoisotopic (exact) mass is 292 g/mol. The molecule has 2 rings (SSSR count). The van der Waals surface area contributed by atoms with Gasteiger partial charge in [-0.2, -0.15) is 0 Å². The zero-order chi connectivity index (χ0) is 14.4. The summed E-state index contributed by atoms with van der Waals surface area (Å²) in [6, 6.07) is 8.00. The maximum Gasteiger partial charge on any atom is 0.220 e. The summed E-state index contributed by atoms with van der Waals surface area (Å²) in [6.45, 7) is 2.47. The molecule has 1 aromatic carbocycles. The van der Waals surface area contributed by atoms with Gasteiger partial charge in [0.15, 0.2) is 0 Å². The van der Waals surface area contributed by atoms with Crippen molar-refractivity contribution in [1.29, 1.82) is 0 Å². The molecule has 1 atom stereocenters. The molecule has 1 amide bonds. The standard InChI is InChI=1S/C15H20N2O2S/c1-2-11(18)9-10-16-14(19)7-8-15-17-12-5-3-4-6-13(12)20-15/h3-6,11,18H,2,7-10H2,1H3,(H,16,19). The lowest BCUT2D eigenvalue weighted by molar-refractivity contribution is -0.121. The number of fused-ring (bicyclic) bond motifs is 1. The number of aryl methyl sites for hydroxylation is 1. The van der Waals surface area contributed by atoms with E-state index in [9.17, 15) is 9.90 Å². The molecule has 4 nitrogen and oxygen atoms in total. The molecule has 5 heteroatoms. The van der Waals surface area contributed by atoms with Gasteiger partial charge in [-0.25, -0.2) is 4.98 Å². The summed E-state index contributed by atoms with van der Waals surface area (Å²) in [5.41, 5.74) is 0.999. The van der Waals surface area contributed by atoms with Crippen molar-refractivity contribution in [3.63, 3.8) is 0 Å². The van der Waals surface area contributed by atoms with Gasteiger partial charge in [0.05, 0.1) is 21.3 Å². The molecule has 0 bridgehead atoms. The highest BCUT2D eigenvalue weighted by atomic mass is 32.1. The summed E-state index contributed by atoms with van der Waals surface area (Å²) in [6.07, 6.45) is 2.13. The van der Waals surface area contributed by atoms with Gasteiger partial charge in [-0.15, -0.1) is 11.3 Å². The van der Waals surface area contributed by atoms with Crippen molar-refractivity contribution >= 4 is 27.5 Å². The van der Waals surface area contributed by atoms with Gasteiger partial charge in [-0.05, 0) is 25.0 Å². The Hall–Kier alpha value is -1.46. The van der Waals surface area contributed by atoms with E-state index in [0.29, 0.717) is 25.8 Å². The van der Waals surface area contributed by atoms with E-state index < -0.39 is 0 Å². The Labute approximate surface area is 122 Å². The second-order valence-electron chi connectivity index (χ2n) is 4.78. The largest absolute Gasteiger partial charge is 0.393 e. The number of hydrogen-bond donors (Lipinski definition) is 2. The quantitative estimate of drug-likeness (QED) is 0.824. The van der Waals surface area contributed by atoms with Gasteiger partial charge in [0.2, 0.25) is 5.91 Å². The minimum atomic E-state index is -0.320. The van der Waals surface area contributed by atoms with Crippen molar-refractivity contribution in [3.8, 4) is 0 Å². The van der Waals surface area contributed by atoms with Gasteiger partial charge >= 0.3 is 0 Å². The topological polar surface area (TPSA) is 62.2 Å². The number of nitrogens with one attached hydrogen (secondary N) is 1. The number of hydrogen-bond acceptors (Lipinski definition) is 4. The predicted molar refractivity (Wildman–Crippen MR) is 81.9 cm³/mol. The van der Waals surface area contributed by atoms with E-state index >= 15 is 0 Å². The maximum atomic E-state index is 11.7. The smallest absolute Gasteiger partial charge is 0.220 e. The third-order valence-corrected chi connectivity index (χ3v) is 4.27. The molecule has 0 radical (unpaired) electrons. The van der Waals surface area contributed by atoms with Gasteiger partial charge in [-0.3, -0.25) is 4.79 Å². The van der Waals surface area contributed by atoms with Crippen LogP contribution in [0.5, 0.6) is 0 Å². The molecule has 1 heterocycles. The van der Waals surface area contributed by atoms with E-state index in [4.69, 9.17) is 0 Å². The zero-order valence-corrected chi connectivity index (χ0v) is 12.4. The SMILES string of the molecule is CCC(O)CCNC(=O)CCc1nc2ccccc2s1. The number of aliphatic hydroxyl groups is 1. The van der Waals surface area contributed by atoms with Crippen LogP contribution in [-0.4, -0.2) is 28.6 Å². The minimum Gasteiger partial charge on any atom is -0.393 e. The van der Waals surface area contributed by atoms with E-state index in [1.807, 2.05) is 31.2 Å². The number of amides is 1. The van der Waals surface area contributed by atoms with Crippen molar-refractivity contribution in [2.75, 3.05) is 6.54 Å². The van der Waals surface area contributed by atoms with Crippen molar-refractivity contribution in [2.45, 2.75) is 38.7 Å². The number of carbonyl (C=O) groups is 1. The average Bonchev–Trinajstić information content (AvgIpc) is 2.87. The Morgan fingerprint density at radius 3 is 3.00 bits per heavy atom. The minimum absolute atomic E-state index is 0.0209. The molecule has 2 N–H and O–H groups in total. The first-order valence-corrected chi connectivity index (χ1v) is 7.80. The third kappa shape index (κ3) is 4.28. The van der Waals surface area contributed by atoms with Crippen LogP contribution in [0, 0.1) is 0 Å². The molecule has 1 unspecified atom stereocenters. The number of nitrogens with zero attached hydrogens (tertiary/aromatic N) is 1. The van der Waals surface area contributed by atoms with E-state index in [1.54, 1.807) is 11.3 Å². The Bertz CT molecular complexity index is 535. The van der Waals surface area contributed by atoms with Crippen LogP contribution in [0.3, 0.4) is 0 Å². The van der Waals surface area contributed by atoms with Crippen LogP contribution in [0.1, 0.15) is 31.2 Å². The van der Waals surface area contributed by atoms with Crippen LogP contribution in [0.15, 0.2) is 24.3 Å². The molecule has 0 saturated carbocycles.